The Balaban J connectivity index is 0.000000377. The van der Waals surface area contributed by atoms with Crippen LogP contribution in [0.4, 0.5) is 0 Å². The third-order valence-electron chi connectivity index (χ3n) is 7.49. The summed E-state index contributed by atoms with van der Waals surface area (Å²) in [6, 6.07) is 45.7. The normalized spacial score (nSPS) is 9.63. The summed E-state index contributed by atoms with van der Waals surface area (Å²) in [5, 5.41) is 8.04. The summed E-state index contributed by atoms with van der Waals surface area (Å²) in [6.07, 6.45) is 0. The van der Waals surface area contributed by atoms with E-state index in [-0.39, 0.29) is 39.7 Å². The summed E-state index contributed by atoms with van der Waals surface area (Å²) < 4.78 is 0. The minimum absolute atomic E-state index is 0. The van der Waals surface area contributed by atoms with Crippen LogP contribution >= 0.6 is 24.8 Å². The Morgan fingerprint density at radius 1 is 0.535 bits per heavy atom. The third-order valence-corrected chi connectivity index (χ3v) is 7.49. The summed E-state index contributed by atoms with van der Waals surface area (Å²) >= 11 is 1.36. The average molecular weight is 697 g/mol. The van der Waals surface area contributed by atoms with E-state index in [0.29, 0.717) is 0 Å². The number of aryl methyl sites for hydroxylation is 3. The van der Waals surface area contributed by atoms with E-state index in [1.165, 1.54) is 94.6 Å². The molecule has 0 atom stereocenters. The van der Waals surface area contributed by atoms with Gasteiger partial charge in [-0.2, -0.15) is 11.6 Å². The van der Waals surface area contributed by atoms with Crippen molar-refractivity contribution in [1.29, 1.82) is 0 Å². The molecule has 0 N–H and O–H groups in total. The first kappa shape index (κ1) is 38.3. The first-order chi connectivity index (χ1) is 19.1. The predicted octanol–water partition coefficient (Wildman–Crippen LogP) is 11.9. The standard InChI is InChI=1S/C20H15.C17H15.2CH3.2ClH.Si.Zr/c1-14-12-16-8-5-11-19(20(16)13-14)18-10-4-7-15-6-2-3-9-17(15)18;1-12-11-15-9-6-10-16(17(15)13(12)2)14-7-4-3-5-8-14;;;;;;/h2-13H,1H3;3-11H,1-2H3;2*1H3;2*1H;;/q4*-1;;;;. The molecule has 0 aliphatic rings. The second kappa shape index (κ2) is 17.5. The fourth-order valence-corrected chi connectivity index (χ4v) is 5.59. The van der Waals surface area contributed by atoms with Crippen LogP contribution in [-0.4, -0.2) is 6.88 Å². The van der Waals surface area contributed by atoms with Crippen molar-refractivity contribution in [3.05, 3.63) is 159 Å². The van der Waals surface area contributed by atoms with Gasteiger partial charge in [0.15, 0.2) is 0 Å². The van der Waals surface area contributed by atoms with E-state index < -0.39 is 0 Å². The first-order valence-electron chi connectivity index (χ1n) is 13.2. The van der Waals surface area contributed by atoms with Crippen LogP contribution in [0, 0.1) is 35.6 Å². The minimum atomic E-state index is 0. The molecule has 0 spiro atoms. The molecular weight excluding hydrogens is 659 g/mol. The molecule has 0 aliphatic carbocycles. The number of halogens is 2. The molecule has 0 nitrogen and oxygen atoms in total. The molecule has 0 saturated carbocycles. The molecule has 0 fully saturated rings. The van der Waals surface area contributed by atoms with Crippen LogP contribution in [0.3, 0.4) is 0 Å². The zero-order valence-corrected chi connectivity index (χ0v) is 30.5. The molecule has 7 aromatic rings. The van der Waals surface area contributed by atoms with Crippen LogP contribution in [0.2, 0.25) is 0 Å². The Kier molecular flexibility index (Phi) is 15.6. The zero-order chi connectivity index (χ0) is 27.4. The Morgan fingerprint density at radius 2 is 1.07 bits per heavy atom. The van der Waals surface area contributed by atoms with Crippen molar-refractivity contribution in [2.45, 2.75) is 20.8 Å². The van der Waals surface area contributed by atoms with E-state index in [9.17, 15) is 0 Å². The van der Waals surface area contributed by atoms with Crippen LogP contribution in [0.15, 0.2) is 127 Å². The molecule has 0 unspecified atom stereocenters. The van der Waals surface area contributed by atoms with Crippen molar-refractivity contribution in [2.24, 2.45) is 0 Å². The summed E-state index contributed by atoms with van der Waals surface area (Å²) in [6.45, 7) is 9.62. The average Bonchev–Trinajstić information content (AvgIpc) is 3.52. The van der Waals surface area contributed by atoms with Gasteiger partial charge in [0.25, 0.3) is 0 Å². The van der Waals surface area contributed by atoms with E-state index in [4.69, 9.17) is 0 Å². The second-order valence-corrected chi connectivity index (χ2v) is 9.96. The van der Waals surface area contributed by atoms with Crippen LogP contribution in [-0.2, 0) is 23.3 Å². The molecule has 43 heavy (non-hydrogen) atoms. The van der Waals surface area contributed by atoms with Gasteiger partial charge in [0.1, 0.15) is 0 Å². The summed E-state index contributed by atoms with van der Waals surface area (Å²) in [5.74, 6) is 0. The fourth-order valence-electron chi connectivity index (χ4n) is 5.59. The molecule has 0 amide bonds. The summed E-state index contributed by atoms with van der Waals surface area (Å²) in [5.41, 5.74) is 9.39. The zero-order valence-electron chi connectivity index (χ0n) is 25.4. The molecule has 7 rings (SSSR count). The van der Waals surface area contributed by atoms with E-state index >= 15 is 0 Å². The van der Waals surface area contributed by atoms with Crippen molar-refractivity contribution in [3.8, 4) is 22.3 Å². The number of fused-ring (bicyclic) bond motifs is 3. The third kappa shape index (κ3) is 8.05. The number of rotatable bonds is 2. The fraction of sp³-hybridized carbons (Fsp3) is 0.0769. The van der Waals surface area contributed by atoms with Crippen molar-refractivity contribution < 1.29 is 23.3 Å². The summed E-state index contributed by atoms with van der Waals surface area (Å²) in [7, 11) is 0. The Hall–Kier alpha value is -2.74. The van der Waals surface area contributed by atoms with Gasteiger partial charge in [-0.15, -0.1) is 93.9 Å². The number of benzene rings is 5. The van der Waals surface area contributed by atoms with Gasteiger partial charge in [-0.3, -0.25) is 0 Å². The molecule has 0 aliphatic heterocycles. The van der Waals surface area contributed by atoms with Crippen LogP contribution in [0.1, 0.15) is 16.7 Å². The Labute approximate surface area is 287 Å². The molecule has 2 radical (unpaired) electrons. The first-order valence-corrected chi connectivity index (χ1v) is 17.4. The van der Waals surface area contributed by atoms with Gasteiger partial charge in [0.2, 0.25) is 0 Å². The van der Waals surface area contributed by atoms with Crippen molar-refractivity contribution in [1.82, 2.24) is 0 Å². The van der Waals surface area contributed by atoms with Crippen LogP contribution in [0.25, 0.3) is 54.6 Å². The topological polar surface area (TPSA) is 0 Å². The van der Waals surface area contributed by atoms with E-state index in [0.717, 1.165) is 0 Å². The van der Waals surface area contributed by atoms with Gasteiger partial charge in [-0.25, -0.2) is 0 Å². The van der Waals surface area contributed by atoms with Gasteiger partial charge in [-0.1, -0.05) is 117 Å². The maximum atomic E-state index is 3.06. The van der Waals surface area contributed by atoms with Crippen LogP contribution < -0.4 is 0 Å². The molecule has 220 valence electrons. The second-order valence-electron chi connectivity index (χ2n) is 9.96. The molecular formula is C39H38Cl2SiZr-4. The monoisotopic (exact) mass is 694 g/mol. The van der Waals surface area contributed by atoms with Crippen molar-refractivity contribution >= 4 is 64.0 Å². The van der Waals surface area contributed by atoms with E-state index in [1.54, 1.807) is 0 Å². The van der Waals surface area contributed by atoms with E-state index in [1.807, 2.05) is 0 Å². The molecule has 0 bridgehead atoms. The summed E-state index contributed by atoms with van der Waals surface area (Å²) in [4.78, 5) is 0. The predicted molar refractivity (Wildman–Crippen MR) is 195 cm³/mol. The molecule has 4 heteroatoms. The number of hydrogen-bond donors (Lipinski definition) is 0. The molecule has 0 saturated heterocycles. The van der Waals surface area contributed by atoms with Gasteiger partial charge in [0.05, 0.1) is 0 Å². The Morgan fingerprint density at radius 3 is 1.77 bits per heavy atom. The molecule has 7 aromatic carbocycles. The van der Waals surface area contributed by atoms with E-state index in [2.05, 4.69) is 155 Å². The van der Waals surface area contributed by atoms with Crippen LogP contribution in [0.5, 0.6) is 0 Å². The van der Waals surface area contributed by atoms with Gasteiger partial charge >= 0.3 is 30.2 Å². The van der Waals surface area contributed by atoms with Gasteiger partial charge in [-0.05, 0) is 21.9 Å². The Bertz CT molecular complexity index is 1880. The SMILES string of the molecule is Cc1[cH-]c2cccc(-c3ccccc3)c2c1C.Cc1cc2c(-c3cccc4ccccc34)cccc2[cH-]1.Cl.Cl.[CH3-].[CH3-].[Si]=[Zr]. The molecule has 0 heterocycles. The number of hydrogen-bond acceptors (Lipinski definition) is 0. The quantitative estimate of drug-likeness (QED) is 0.125. The van der Waals surface area contributed by atoms with Gasteiger partial charge < -0.3 is 14.9 Å². The maximum absolute atomic E-state index is 3.06. The van der Waals surface area contributed by atoms with Crippen molar-refractivity contribution in [2.75, 3.05) is 0 Å². The van der Waals surface area contributed by atoms with Gasteiger partial charge in [0, 0.05) is 0 Å². The van der Waals surface area contributed by atoms with Crippen molar-refractivity contribution in [3.63, 3.8) is 0 Å². The molecule has 0 aromatic heterocycles.